The maximum atomic E-state index is 10.3. The van der Waals surface area contributed by atoms with Crippen LogP contribution in [0.15, 0.2) is 12.2 Å². The Balaban J connectivity index is -0.0000000675. The summed E-state index contributed by atoms with van der Waals surface area (Å²) in [4.78, 5) is 20.5. The Labute approximate surface area is 134 Å². The van der Waals surface area contributed by atoms with Crippen molar-refractivity contribution in [3.05, 3.63) is 12.2 Å². The molecule has 0 bridgehead atoms. The fraction of sp³-hybridized carbons (Fsp3) is 0. The summed E-state index contributed by atoms with van der Waals surface area (Å²) in [5.41, 5.74) is 0. The van der Waals surface area contributed by atoms with E-state index in [9.17, 15) is 9.59 Å². The van der Waals surface area contributed by atoms with E-state index in [4.69, 9.17) is 0 Å². The first-order valence-electron chi connectivity index (χ1n) is 2.04. The number of hydrogen-bond donors (Lipinski definition) is 0. The second-order valence-corrected chi connectivity index (χ2v) is 1.77. The van der Waals surface area contributed by atoms with Gasteiger partial charge in [-0.15, -0.1) is 0 Å². The topological polar surface area (TPSA) is 52.6 Å². The summed E-state index contributed by atoms with van der Waals surface area (Å²) in [5, 5.41) is 0. The standard InChI is InChI=1S/C4H2Br2O4.2Na.2H/c5-9-3(7)1-2-4(8)10-6;;;;/h1-2H;;;;/q;2*+1;2*-1/b2-1-;;;;. The summed E-state index contributed by atoms with van der Waals surface area (Å²) in [6.45, 7) is 0. The summed E-state index contributed by atoms with van der Waals surface area (Å²) >= 11 is 4.84. The van der Waals surface area contributed by atoms with Gasteiger partial charge in [-0.2, -0.15) is 0 Å². The van der Waals surface area contributed by atoms with Crippen LogP contribution >= 0.6 is 32.5 Å². The van der Waals surface area contributed by atoms with E-state index in [-0.39, 0.29) is 62.0 Å². The van der Waals surface area contributed by atoms with Crippen molar-refractivity contribution in [1.29, 1.82) is 0 Å². The van der Waals surface area contributed by atoms with Crippen molar-refractivity contribution >= 4 is 44.5 Å². The summed E-state index contributed by atoms with van der Waals surface area (Å²) in [6, 6.07) is 0. The normalized spacial score (nSPS) is 7.83. The molecule has 0 amide bonds. The molecule has 0 N–H and O–H groups in total. The summed E-state index contributed by atoms with van der Waals surface area (Å²) < 4.78 is 8.02. The Morgan fingerprint density at radius 1 is 1.00 bits per heavy atom. The zero-order chi connectivity index (χ0) is 7.98. The van der Waals surface area contributed by atoms with Gasteiger partial charge in [-0.3, -0.25) is 0 Å². The van der Waals surface area contributed by atoms with Gasteiger partial charge in [-0.05, 0) is 0 Å². The molecule has 0 rings (SSSR count). The molecule has 0 saturated heterocycles. The average molecular weight is 322 g/mol. The minimum Gasteiger partial charge on any atom is -1.00 e. The first kappa shape index (κ1) is 19.2. The van der Waals surface area contributed by atoms with Crippen molar-refractivity contribution in [3.63, 3.8) is 0 Å². The van der Waals surface area contributed by atoms with E-state index >= 15 is 0 Å². The fourth-order valence-electron chi connectivity index (χ4n) is 0.188. The minimum absolute atomic E-state index is 0. The van der Waals surface area contributed by atoms with Crippen molar-refractivity contribution in [2.24, 2.45) is 0 Å². The third-order valence-corrected chi connectivity index (χ3v) is 1.15. The van der Waals surface area contributed by atoms with Crippen LogP contribution in [0, 0.1) is 0 Å². The predicted molar refractivity (Wildman–Crippen MR) is 41.4 cm³/mol. The van der Waals surface area contributed by atoms with Crippen molar-refractivity contribution in [2.45, 2.75) is 0 Å². The molecule has 8 heteroatoms. The Morgan fingerprint density at radius 3 is 1.42 bits per heavy atom. The van der Waals surface area contributed by atoms with Gasteiger partial charge >= 0.3 is 71.1 Å². The van der Waals surface area contributed by atoms with Crippen LogP contribution in [0.3, 0.4) is 0 Å². The summed E-state index contributed by atoms with van der Waals surface area (Å²) in [5.74, 6) is -1.36. The summed E-state index contributed by atoms with van der Waals surface area (Å²) in [6.07, 6.45) is 1.83. The molecule has 0 aromatic carbocycles. The van der Waals surface area contributed by atoms with Gasteiger partial charge in [-0.25, -0.2) is 9.59 Å². The van der Waals surface area contributed by atoms with Crippen LogP contribution in [0.5, 0.6) is 0 Å². The molecule has 0 aromatic rings. The Morgan fingerprint density at radius 2 is 1.25 bits per heavy atom. The molecule has 0 saturated carbocycles. The van der Waals surface area contributed by atoms with Crippen LogP contribution < -0.4 is 59.1 Å². The maximum absolute atomic E-state index is 10.3. The smallest absolute Gasteiger partial charge is 1.00 e. The molecule has 0 aliphatic carbocycles. The number of halogens is 2. The van der Waals surface area contributed by atoms with Gasteiger partial charge in [-0.1, -0.05) is 0 Å². The Kier molecular flexibility index (Phi) is 20.3. The zero-order valence-electron chi connectivity index (χ0n) is 8.54. The number of rotatable bonds is 2. The molecule has 4 nitrogen and oxygen atoms in total. The third-order valence-electron chi connectivity index (χ3n) is 0.508. The Bertz CT molecular complexity index is 163. The quantitative estimate of drug-likeness (QED) is 0.380. The molecule has 0 heterocycles. The van der Waals surface area contributed by atoms with Crippen LogP contribution in [0.25, 0.3) is 0 Å². The minimum atomic E-state index is -0.682. The first-order chi connectivity index (χ1) is 4.70. The SMILES string of the molecule is O=C(/C=C\C(=O)OBr)OBr.[H-].[H-].[Na+].[Na+]. The van der Waals surface area contributed by atoms with Crippen molar-refractivity contribution in [1.82, 2.24) is 0 Å². The van der Waals surface area contributed by atoms with E-state index in [0.29, 0.717) is 0 Å². The van der Waals surface area contributed by atoms with Crippen molar-refractivity contribution in [3.8, 4) is 0 Å². The fourth-order valence-corrected chi connectivity index (χ4v) is 0.403. The molecule has 0 fully saturated rings. The average Bonchev–Trinajstić information content (AvgIpc) is 1.99. The van der Waals surface area contributed by atoms with Gasteiger partial charge in [0.2, 0.25) is 0 Å². The maximum Gasteiger partial charge on any atom is 1.00 e. The molecule has 0 aromatic heterocycles. The molecule has 0 aliphatic heterocycles. The van der Waals surface area contributed by atoms with Gasteiger partial charge in [0.05, 0.1) is 0 Å². The van der Waals surface area contributed by atoms with E-state index in [0.717, 1.165) is 12.2 Å². The monoisotopic (exact) mass is 320 g/mol. The predicted octanol–water partition coefficient (Wildman–Crippen LogP) is -4.52. The second kappa shape index (κ2) is 12.6. The van der Waals surface area contributed by atoms with E-state index in [1.807, 2.05) is 0 Å². The first-order valence-corrected chi connectivity index (χ1v) is 3.33. The van der Waals surface area contributed by atoms with Crippen LogP contribution in [-0.2, 0) is 17.2 Å². The molecular weight excluding hydrogens is 318 g/mol. The van der Waals surface area contributed by atoms with Gasteiger partial charge in [0.15, 0.2) is 32.5 Å². The van der Waals surface area contributed by atoms with Crippen LogP contribution in [0.2, 0.25) is 0 Å². The molecule has 0 radical (unpaired) electrons. The van der Waals surface area contributed by atoms with Gasteiger partial charge in [0, 0.05) is 12.2 Å². The van der Waals surface area contributed by atoms with Crippen LogP contribution in [0.1, 0.15) is 2.85 Å². The van der Waals surface area contributed by atoms with Crippen LogP contribution in [-0.4, -0.2) is 11.9 Å². The number of hydrogen-bond acceptors (Lipinski definition) is 4. The molecule has 0 unspecified atom stereocenters. The van der Waals surface area contributed by atoms with Gasteiger partial charge in [0.1, 0.15) is 0 Å². The van der Waals surface area contributed by atoms with E-state index in [2.05, 4.69) is 40.2 Å². The number of carbonyl (C=O) groups excluding carboxylic acids is 2. The van der Waals surface area contributed by atoms with Crippen LogP contribution in [0.4, 0.5) is 0 Å². The molecule has 0 aliphatic rings. The molecule has 0 atom stereocenters. The molecule has 60 valence electrons. The summed E-state index contributed by atoms with van der Waals surface area (Å²) in [7, 11) is 0. The number of carbonyl (C=O) groups is 2. The van der Waals surface area contributed by atoms with E-state index in [1.165, 1.54) is 0 Å². The van der Waals surface area contributed by atoms with Gasteiger partial charge in [0.25, 0.3) is 0 Å². The third kappa shape index (κ3) is 11.6. The molecule has 0 spiro atoms. The zero-order valence-corrected chi connectivity index (χ0v) is 13.7. The second-order valence-electron chi connectivity index (χ2n) is 1.13. The largest absolute Gasteiger partial charge is 1.00 e. The molecular formula is C4H4Br2Na2O4. The van der Waals surface area contributed by atoms with E-state index < -0.39 is 11.9 Å². The Hall–Kier alpha value is 1.64. The van der Waals surface area contributed by atoms with E-state index in [1.54, 1.807) is 0 Å². The molecule has 12 heavy (non-hydrogen) atoms. The van der Waals surface area contributed by atoms with Crippen molar-refractivity contribution in [2.75, 3.05) is 0 Å². The van der Waals surface area contributed by atoms with Gasteiger partial charge < -0.3 is 10.5 Å². The van der Waals surface area contributed by atoms with Crippen molar-refractivity contribution < 1.29 is 79.2 Å².